The lowest BCUT2D eigenvalue weighted by Crippen LogP contribution is -2.56. The van der Waals surface area contributed by atoms with Crippen molar-refractivity contribution >= 4 is 11.8 Å². The summed E-state index contributed by atoms with van der Waals surface area (Å²) in [5.41, 5.74) is 0.965. The summed E-state index contributed by atoms with van der Waals surface area (Å²) in [5.74, 6) is 1.13. The second kappa shape index (κ2) is 11.6. The Morgan fingerprint density at radius 3 is 2.55 bits per heavy atom. The van der Waals surface area contributed by atoms with Crippen molar-refractivity contribution in [3.8, 4) is 11.5 Å². The molecule has 1 aliphatic heterocycles. The van der Waals surface area contributed by atoms with Gasteiger partial charge in [0.05, 0.1) is 32.8 Å². The molecule has 8 nitrogen and oxygen atoms in total. The second-order valence-electron chi connectivity index (χ2n) is 7.33. The molecular weight excluding hydrogens is 374 g/mol. The maximum absolute atomic E-state index is 12.4. The topological polar surface area (TPSA) is 89.1 Å². The Labute approximate surface area is 172 Å². The summed E-state index contributed by atoms with van der Waals surface area (Å²) in [6.45, 7) is 6.86. The van der Waals surface area contributed by atoms with Crippen LogP contribution in [0.25, 0.3) is 0 Å². The maximum atomic E-state index is 12.4. The van der Waals surface area contributed by atoms with Gasteiger partial charge < -0.3 is 24.8 Å². The molecule has 0 aliphatic carbocycles. The molecule has 2 rings (SSSR count). The van der Waals surface area contributed by atoms with E-state index in [0.29, 0.717) is 44.3 Å². The molecule has 1 atom stereocenters. The molecular formula is C21H33N3O5. The first-order valence-electron chi connectivity index (χ1n) is 10.0. The van der Waals surface area contributed by atoms with Gasteiger partial charge in [-0.15, -0.1) is 0 Å². The number of benzene rings is 1. The summed E-state index contributed by atoms with van der Waals surface area (Å²) in [6.07, 6.45) is 1.05. The van der Waals surface area contributed by atoms with Crippen LogP contribution in [0.4, 0.5) is 0 Å². The highest BCUT2D eigenvalue weighted by Crippen LogP contribution is 2.24. The molecule has 0 aromatic heterocycles. The van der Waals surface area contributed by atoms with E-state index in [0.717, 1.165) is 12.0 Å². The molecule has 0 saturated carbocycles. The van der Waals surface area contributed by atoms with E-state index in [9.17, 15) is 9.59 Å². The smallest absolute Gasteiger partial charge is 0.237 e. The molecule has 162 valence electrons. The zero-order valence-electron chi connectivity index (χ0n) is 17.8. The Morgan fingerprint density at radius 1 is 1.24 bits per heavy atom. The molecule has 8 heteroatoms. The van der Waals surface area contributed by atoms with Gasteiger partial charge in [0, 0.05) is 38.9 Å². The first-order chi connectivity index (χ1) is 13.9. The number of ether oxygens (including phenoxy) is 3. The highest BCUT2D eigenvalue weighted by atomic mass is 16.5. The number of piperazine rings is 1. The molecule has 29 heavy (non-hydrogen) atoms. The van der Waals surface area contributed by atoms with E-state index < -0.39 is 6.04 Å². The molecule has 1 unspecified atom stereocenters. The Morgan fingerprint density at radius 2 is 1.93 bits per heavy atom. The van der Waals surface area contributed by atoms with Crippen LogP contribution < -0.4 is 20.1 Å². The fourth-order valence-electron chi connectivity index (χ4n) is 3.23. The van der Waals surface area contributed by atoms with Crippen molar-refractivity contribution in [1.29, 1.82) is 0 Å². The van der Waals surface area contributed by atoms with E-state index in [1.807, 2.05) is 30.9 Å². The molecule has 1 fully saturated rings. The molecule has 1 aromatic rings. The first kappa shape index (κ1) is 23.0. The number of rotatable bonds is 11. The molecule has 0 radical (unpaired) electrons. The number of nitrogens with zero attached hydrogens (tertiary/aromatic N) is 1. The summed E-state index contributed by atoms with van der Waals surface area (Å²) >= 11 is 0. The van der Waals surface area contributed by atoms with Gasteiger partial charge in [-0.1, -0.05) is 0 Å². The standard InChI is InChI=1S/C21H33N3O5/c1-15(2)29-9-5-6-22-20(25)13-19-21(26)23-7-8-24(19)14-16-10-17(27-3)12-18(11-16)28-4/h10-12,15,19H,5-9,13-14H2,1-4H3,(H,22,25)(H,23,26). The van der Waals surface area contributed by atoms with Gasteiger partial charge in [0.1, 0.15) is 11.5 Å². The number of carbonyl (C=O) groups excluding carboxylic acids is 2. The van der Waals surface area contributed by atoms with Gasteiger partial charge in [0.25, 0.3) is 0 Å². The van der Waals surface area contributed by atoms with Crippen molar-refractivity contribution in [3.63, 3.8) is 0 Å². The van der Waals surface area contributed by atoms with E-state index >= 15 is 0 Å². The third kappa shape index (κ3) is 7.55. The average molecular weight is 408 g/mol. The van der Waals surface area contributed by atoms with Crippen LogP contribution in [0.3, 0.4) is 0 Å². The van der Waals surface area contributed by atoms with Gasteiger partial charge in [-0.25, -0.2) is 0 Å². The molecule has 1 aromatic carbocycles. The number of carbonyl (C=O) groups is 2. The van der Waals surface area contributed by atoms with Crippen molar-refractivity contribution in [2.75, 3.05) is 40.5 Å². The largest absolute Gasteiger partial charge is 0.497 e. The van der Waals surface area contributed by atoms with Crippen LogP contribution >= 0.6 is 0 Å². The van der Waals surface area contributed by atoms with Crippen LogP contribution in [0.5, 0.6) is 11.5 Å². The van der Waals surface area contributed by atoms with Crippen molar-refractivity contribution in [1.82, 2.24) is 15.5 Å². The molecule has 2 N–H and O–H groups in total. The van der Waals surface area contributed by atoms with E-state index in [1.54, 1.807) is 20.3 Å². The van der Waals surface area contributed by atoms with Gasteiger partial charge in [-0.3, -0.25) is 14.5 Å². The quantitative estimate of drug-likeness (QED) is 0.538. The fraction of sp³-hybridized carbons (Fsp3) is 0.619. The SMILES string of the molecule is COc1cc(CN2CCNC(=O)C2CC(=O)NCCCOC(C)C)cc(OC)c1. The lowest BCUT2D eigenvalue weighted by atomic mass is 10.1. The predicted octanol–water partition coefficient (Wildman–Crippen LogP) is 1.33. The minimum absolute atomic E-state index is 0.121. The Balaban J connectivity index is 1.95. The van der Waals surface area contributed by atoms with E-state index in [1.165, 1.54) is 0 Å². The highest BCUT2D eigenvalue weighted by molar-refractivity contribution is 5.88. The lowest BCUT2D eigenvalue weighted by molar-refractivity contribution is -0.134. The van der Waals surface area contributed by atoms with E-state index in [2.05, 4.69) is 10.6 Å². The molecule has 0 spiro atoms. The molecule has 1 heterocycles. The first-order valence-corrected chi connectivity index (χ1v) is 10.0. The Kier molecular flexibility index (Phi) is 9.21. The van der Waals surface area contributed by atoms with Crippen LogP contribution in [-0.2, 0) is 20.9 Å². The summed E-state index contributed by atoms with van der Waals surface area (Å²) in [6, 6.07) is 5.13. The number of hydrogen-bond donors (Lipinski definition) is 2. The van der Waals surface area contributed by atoms with Crippen molar-refractivity contribution in [2.45, 2.75) is 45.4 Å². The van der Waals surface area contributed by atoms with Gasteiger partial charge in [0.15, 0.2) is 0 Å². The van der Waals surface area contributed by atoms with Gasteiger partial charge >= 0.3 is 0 Å². The van der Waals surface area contributed by atoms with Crippen LogP contribution in [-0.4, -0.2) is 69.3 Å². The lowest BCUT2D eigenvalue weighted by Gasteiger charge is -2.34. The summed E-state index contributed by atoms with van der Waals surface area (Å²) in [5, 5.41) is 5.74. The average Bonchev–Trinajstić information content (AvgIpc) is 2.69. The van der Waals surface area contributed by atoms with Crippen LogP contribution in [0.15, 0.2) is 18.2 Å². The minimum atomic E-state index is -0.507. The highest BCUT2D eigenvalue weighted by Gasteiger charge is 2.31. The summed E-state index contributed by atoms with van der Waals surface area (Å²) in [4.78, 5) is 26.8. The van der Waals surface area contributed by atoms with Gasteiger partial charge in [-0.05, 0) is 38.0 Å². The zero-order chi connectivity index (χ0) is 21.2. The van der Waals surface area contributed by atoms with E-state index in [-0.39, 0.29) is 24.3 Å². The normalized spacial score (nSPS) is 17.1. The summed E-state index contributed by atoms with van der Waals surface area (Å²) < 4.78 is 16.1. The fourth-order valence-corrected chi connectivity index (χ4v) is 3.23. The summed E-state index contributed by atoms with van der Waals surface area (Å²) in [7, 11) is 3.21. The number of methoxy groups -OCH3 is 2. The minimum Gasteiger partial charge on any atom is -0.497 e. The predicted molar refractivity (Wildman–Crippen MR) is 110 cm³/mol. The maximum Gasteiger partial charge on any atom is 0.237 e. The monoisotopic (exact) mass is 407 g/mol. The molecule has 0 bridgehead atoms. The molecule has 1 aliphatic rings. The Bertz CT molecular complexity index is 658. The van der Waals surface area contributed by atoms with Gasteiger partial charge in [0.2, 0.25) is 11.8 Å². The second-order valence-corrected chi connectivity index (χ2v) is 7.33. The molecule has 2 amide bonds. The van der Waals surface area contributed by atoms with Crippen molar-refractivity contribution < 1.29 is 23.8 Å². The Hall–Kier alpha value is -2.32. The van der Waals surface area contributed by atoms with Crippen LogP contribution in [0.2, 0.25) is 0 Å². The number of nitrogens with one attached hydrogen (secondary N) is 2. The van der Waals surface area contributed by atoms with Crippen LogP contribution in [0.1, 0.15) is 32.3 Å². The van der Waals surface area contributed by atoms with Crippen molar-refractivity contribution in [2.24, 2.45) is 0 Å². The van der Waals surface area contributed by atoms with Crippen molar-refractivity contribution in [3.05, 3.63) is 23.8 Å². The number of amides is 2. The van der Waals surface area contributed by atoms with E-state index in [4.69, 9.17) is 14.2 Å². The number of hydrogen-bond acceptors (Lipinski definition) is 6. The third-order valence-electron chi connectivity index (χ3n) is 4.71. The molecule has 1 saturated heterocycles. The third-order valence-corrected chi connectivity index (χ3v) is 4.71. The van der Waals surface area contributed by atoms with Crippen LogP contribution in [0, 0.1) is 0 Å². The zero-order valence-corrected chi connectivity index (χ0v) is 17.8. The van der Waals surface area contributed by atoms with Gasteiger partial charge in [-0.2, -0.15) is 0 Å².